The Kier molecular flexibility index (Phi) is 6.68. The fraction of sp³-hybridized carbons (Fsp3) is 0.467. The molecule has 1 aromatic rings. The van der Waals surface area contributed by atoms with Crippen molar-refractivity contribution in [1.29, 1.82) is 0 Å². The Hall–Kier alpha value is -2.08. The maximum Gasteiger partial charge on any atom is 0.326 e. The zero-order valence-electron chi connectivity index (χ0n) is 12.1. The molecule has 0 aliphatic carbocycles. The molecule has 6 heteroatoms. The molecule has 1 aromatic carbocycles. The Balaban J connectivity index is 2.63. The molecular formula is C15H22N2O4. The number of carbonyl (C=O) groups excluding carboxylic acids is 1. The van der Waals surface area contributed by atoms with Crippen molar-refractivity contribution in [3.63, 3.8) is 0 Å². The van der Waals surface area contributed by atoms with Crippen LogP contribution in [0.2, 0.25) is 0 Å². The Morgan fingerprint density at radius 3 is 2.43 bits per heavy atom. The van der Waals surface area contributed by atoms with Crippen LogP contribution in [0.4, 0.5) is 0 Å². The minimum absolute atomic E-state index is 0.108. The molecular weight excluding hydrogens is 272 g/mol. The van der Waals surface area contributed by atoms with Gasteiger partial charge in [-0.05, 0) is 24.1 Å². The normalized spacial score (nSPS) is 13.4. The second-order valence-corrected chi connectivity index (χ2v) is 5.02. The Morgan fingerprint density at radius 1 is 1.29 bits per heavy atom. The first-order chi connectivity index (χ1) is 9.93. The molecule has 0 saturated carbocycles. The summed E-state index contributed by atoms with van der Waals surface area (Å²) in [6.45, 7) is 2.00. The van der Waals surface area contributed by atoms with Crippen LogP contribution < -0.4 is 11.1 Å². The van der Waals surface area contributed by atoms with E-state index in [-0.39, 0.29) is 12.2 Å². The van der Waals surface area contributed by atoms with Crippen molar-refractivity contribution in [2.45, 2.75) is 44.7 Å². The van der Waals surface area contributed by atoms with Gasteiger partial charge in [-0.1, -0.05) is 31.9 Å². The SMILES string of the molecule is CCCC[C@H](N)C(=O)N[C@@H](Cc1ccc(O)cc1)C(=O)O. The van der Waals surface area contributed by atoms with Gasteiger partial charge in [0.2, 0.25) is 5.91 Å². The smallest absolute Gasteiger partial charge is 0.326 e. The molecule has 0 radical (unpaired) electrons. The van der Waals surface area contributed by atoms with Gasteiger partial charge in [-0.15, -0.1) is 0 Å². The lowest BCUT2D eigenvalue weighted by Gasteiger charge is -2.18. The highest BCUT2D eigenvalue weighted by Crippen LogP contribution is 2.11. The zero-order chi connectivity index (χ0) is 15.8. The zero-order valence-corrected chi connectivity index (χ0v) is 12.1. The van der Waals surface area contributed by atoms with Crippen molar-refractivity contribution in [1.82, 2.24) is 5.32 Å². The quantitative estimate of drug-likeness (QED) is 0.572. The lowest BCUT2D eigenvalue weighted by Crippen LogP contribution is -2.49. The van der Waals surface area contributed by atoms with Crippen molar-refractivity contribution in [3.8, 4) is 5.75 Å². The molecule has 0 saturated heterocycles. The van der Waals surface area contributed by atoms with Crippen LogP contribution in [0.3, 0.4) is 0 Å². The number of nitrogens with one attached hydrogen (secondary N) is 1. The van der Waals surface area contributed by atoms with E-state index in [2.05, 4.69) is 5.32 Å². The number of hydrogen-bond acceptors (Lipinski definition) is 4. The summed E-state index contributed by atoms with van der Waals surface area (Å²) in [5, 5.41) is 20.9. The van der Waals surface area contributed by atoms with Gasteiger partial charge in [0.25, 0.3) is 0 Å². The third-order valence-corrected chi connectivity index (χ3v) is 3.20. The van der Waals surface area contributed by atoms with E-state index in [1.54, 1.807) is 12.1 Å². The van der Waals surface area contributed by atoms with Crippen molar-refractivity contribution >= 4 is 11.9 Å². The fourth-order valence-electron chi connectivity index (χ4n) is 1.90. The first-order valence-electron chi connectivity index (χ1n) is 7.00. The maximum atomic E-state index is 11.9. The minimum atomic E-state index is -1.11. The lowest BCUT2D eigenvalue weighted by molar-refractivity contribution is -0.142. The maximum absolute atomic E-state index is 11.9. The predicted octanol–water partition coefficient (Wildman–Crippen LogP) is 1.02. The summed E-state index contributed by atoms with van der Waals surface area (Å²) in [5.74, 6) is -1.45. The van der Waals surface area contributed by atoms with E-state index in [1.807, 2.05) is 6.92 Å². The number of aromatic hydroxyl groups is 1. The van der Waals surface area contributed by atoms with Gasteiger partial charge < -0.3 is 21.3 Å². The average molecular weight is 294 g/mol. The molecule has 0 unspecified atom stereocenters. The Labute approximate surface area is 124 Å². The summed E-state index contributed by atoms with van der Waals surface area (Å²) in [6, 6.07) is 4.47. The number of amides is 1. The minimum Gasteiger partial charge on any atom is -0.508 e. The molecule has 21 heavy (non-hydrogen) atoms. The van der Waals surface area contributed by atoms with Gasteiger partial charge >= 0.3 is 5.97 Å². The number of unbranched alkanes of at least 4 members (excludes halogenated alkanes) is 1. The first kappa shape index (κ1) is 17.0. The van der Waals surface area contributed by atoms with Gasteiger partial charge in [-0.2, -0.15) is 0 Å². The molecule has 0 aliphatic rings. The van der Waals surface area contributed by atoms with Crippen LogP contribution in [0.25, 0.3) is 0 Å². The van der Waals surface area contributed by atoms with Crippen molar-refractivity contribution < 1.29 is 19.8 Å². The van der Waals surface area contributed by atoms with Gasteiger partial charge in [-0.25, -0.2) is 4.79 Å². The molecule has 0 spiro atoms. The van der Waals surface area contributed by atoms with E-state index in [0.717, 1.165) is 12.8 Å². The summed E-state index contributed by atoms with van der Waals surface area (Å²) in [7, 11) is 0. The third-order valence-electron chi connectivity index (χ3n) is 3.20. The second-order valence-electron chi connectivity index (χ2n) is 5.02. The topological polar surface area (TPSA) is 113 Å². The van der Waals surface area contributed by atoms with Gasteiger partial charge in [0.05, 0.1) is 6.04 Å². The number of phenolic OH excluding ortho intramolecular Hbond substituents is 1. The molecule has 1 rings (SSSR count). The summed E-state index contributed by atoms with van der Waals surface area (Å²) in [6.07, 6.45) is 2.43. The number of hydrogen-bond donors (Lipinski definition) is 4. The highest BCUT2D eigenvalue weighted by atomic mass is 16.4. The number of carboxylic acid groups (broad SMARTS) is 1. The molecule has 2 atom stereocenters. The van der Waals surface area contributed by atoms with Crippen LogP contribution in [0.15, 0.2) is 24.3 Å². The van der Waals surface area contributed by atoms with E-state index < -0.39 is 24.0 Å². The number of aliphatic carboxylic acids is 1. The van der Waals surface area contributed by atoms with Crippen LogP contribution in [0, 0.1) is 0 Å². The van der Waals surface area contributed by atoms with E-state index >= 15 is 0 Å². The Morgan fingerprint density at radius 2 is 1.90 bits per heavy atom. The van der Waals surface area contributed by atoms with Gasteiger partial charge in [-0.3, -0.25) is 4.79 Å². The highest BCUT2D eigenvalue weighted by Gasteiger charge is 2.23. The molecule has 0 bridgehead atoms. The summed E-state index contributed by atoms with van der Waals surface area (Å²) in [4.78, 5) is 23.1. The van der Waals surface area contributed by atoms with Crippen molar-refractivity contribution in [2.24, 2.45) is 5.73 Å². The third kappa shape index (κ3) is 5.83. The standard InChI is InChI=1S/C15H22N2O4/c1-2-3-4-12(16)14(19)17-13(15(20)21)9-10-5-7-11(18)8-6-10/h5-8,12-13,18H,2-4,9,16H2,1H3,(H,17,19)(H,20,21)/t12-,13-/m0/s1. The van der Waals surface area contributed by atoms with E-state index in [4.69, 9.17) is 5.73 Å². The largest absolute Gasteiger partial charge is 0.508 e. The number of nitrogens with two attached hydrogens (primary N) is 1. The molecule has 116 valence electrons. The van der Waals surface area contributed by atoms with Crippen LogP contribution >= 0.6 is 0 Å². The van der Waals surface area contributed by atoms with Crippen LogP contribution in [-0.4, -0.2) is 34.2 Å². The molecule has 0 heterocycles. The lowest BCUT2D eigenvalue weighted by atomic mass is 10.0. The number of carbonyl (C=O) groups is 2. The highest BCUT2D eigenvalue weighted by molar-refractivity contribution is 5.86. The molecule has 0 aliphatic heterocycles. The van der Waals surface area contributed by atoms with Crippen LogP contribution in [0.5, 0.6) is 5.75 Å². The van der Waals surface area contributed by atoms with E-state index in [1.165, 1.54) is 12.1 Å². The summed E-state index contributed by atoms with van der Waals surface area (Å²) < 4.78 is 0. The summed E-state index contributed by atoms with van der Waals surface area (Å²) >= 11 is 0. The Bertz CT molecular complexity index is 473. The average Bonchev–Trinajstić information content (AvgIpc) is 2.45. The van der Waals surface area contributed by atoms with E-state index in [9.17, 15) is 19.8 Å². The molecule has 0 aromatic heterocycles. The molecule has 0 fully saturated rings. The first-order valence-corrected chi connectivity index (χ1v) is 7.00. The monoisotopic (exact) mass is 294 g/mol. The summed E-state index contributed by atoms with van der Waals surface area (Å²) in [5.41, 5.74) is 6.44. The van der Waals surface area contributed by atoms with Gasteiger partial charge in [0, 0.05) is 6.42 Å². The van der Waals surface area contributed by atoms with Crippen LogP contribution in [-0.2, 0) is 16.0 Å². The molecule has 6 nitrogen and oxygen atoms in total. The van der Waals surface area contributed by atoms with Crippen LogP contribution in [0.1, 0.15) is 31.7 Å². The van der Waals surface area contributed by atoms with E-state index in [0.29, 0.717) is 12.0 Å². The van der Waals surface area contributed by atoms with Crippen molar-refractivity contribution in [3.05, 3.63) is 29.8 Å². The number of benzene rings is 1. The van der Waals surface area contributed by atoms with Crippen molar-refractivity contribution in [2.75, 3.05) is 0 Å². The molecule has 5 N–H and O–H groups in total. The van der Waals surface area contributed by atoms with Gasteiger partial charge in [0.15, 0.2) is 0 Å². The second kappa shape index (κ2) is 8.26. The number of rotatable bonds is 8. The number of phenols is 1. The fourth-order valence-corrected chi connectivity index (χ4v) is 1.90. The van der Waals surface area contributed by atoms with Gasteiger partial charge in [0.1, 0.15) is 11.8 Å². The molecule has 1 amide bonds. The predicted molar refractivity (Wildman–Crippen MR) is 78.9 cm³/mol. The number of carboxylic acids is 1.